The fourth-order valence-corrected chi connectivity index (χ4v) is 2.98. The second-order valence-corrected chi connectivity index (χ2v) is 5.61. The van der Waals surface area contributed by atoms with E-state index in [9.17, 15) is 4.79 Å². The zero-order chi connectivity index (χ0) is 14.0. The molecule has 102 valence electrons. The molecule has 0 aliphatic heterocycles. The molecule has 0 bridgehead atoms. The van der Waals surface area contributed by atoms with Crippen molar-refractivity contribution in [3.05, 3.63) is 17.3 Å². The van der Waals surface area contributed by atoms with Gasteiger partial charge in [-0.2, -0.15) is 0 Å². The maximum atomic E-state index is 12.5. The van der Waals surface area contributed by atoms with Gasteiger partial charge in [-0.25, -0.2) is 9.97 Å². The fourth-order valence-electron chi connectivity index (χ4n) is 1.97. The third-order valence-corrected chi connectivity index (χ3v) is 4.34. The van der Waals surface area contributed by atoms with Crippen LogP contribution in [0.5, 0.6) is 0 Å². The molecule has 1 unspecified atom stereocenters. The molecule has 1 atom stereocenters. The van der Waals surface area contributed by atoms with Gasteiger partial charge in [0, 0.05) is 25.5 Å². The van der Waals surface area contributed by atoms with Crippen LogP contribution in [-0.2, 0) is 0 Å². The van der Waals surface area contributed by atoms with Gasteiger partial charge in [0.2, 0.25) is 0 Å². The second-order valence-electron chi connectivity index (χ2n) is 4.61. The highest BCUT2D eigenvalue weighted by Gasteiger charge is 2.23. The Hall–Kier alpha value is -1.69. The molecule has 0 saturated heterocycles. The molecule has 0 aliphatic carbocycles. The molecule has 2 heterocycles. The third-order valence-electron chi connectivity index (χ3n) is 3.25. The van der Waals surface area contributed by atoms with Gasteiger partial charge in [-0.15, -0.1) is 11.3 Å². The van der Waals surface area contributed by atoms with E-state index in [2.05, 4.69) is 16.9 Å². The summed E-state index contributed by atoms with van der Waals surface area (Å²) in [5, 5.41) is 0. The number of hydrogen-bond donors (Lipinski definition) is 1. The number of anilines is 1. The van der Waals surface area contributed by atoms with Crippen molar-refractivity contribution in [2.45, 2.75) is 32.7 Å². The maximum Gasteiger partial charge on any atom is 0.266 e. The lowest BCUT2D eigenvalue weighted by Crippen LogP contribution is -2.34. The van der Waals surface area contributed by atoms with Crippen molar-refractivity contribution >= 4 is 33.3 Å². The molecule has 2 N–H and O–H groups in total. The monoisotopic (exact) mass is 278 g/mol. The van der Waals surface area contributed by atoms with Crippen LogP contribution in [0, 0.1) is 0 Å². The van der Waals surface area contributed by atoms with Gasteiger partial charge in [-0.05, 0) is 13.3 Å². The molecule has 0 spiro atoms. The molecular weight excluding hydrogens is 260 g/mol. The van der Waals surface area contributed by atoms with Gasteiger partial charge in [0.1, 0.15) is 15.2 Å². The number of fused-ring (bicyclic) bond motifs is 1. The highest BCUT2D eigenvalue weighted by Crippen LogP contribution is 2.31. The van der Waals surface area contributed by atoms with Gasteiger partial charge in [-0.3, -0.25) is 4.79 Å². The first-order valence-electron chi connectivity index (χ1n) is 6.32. The number of carbonyl (C=O) groups excluding carboxylic acids is 1. The summed E-state index contributed by atoms with van der Waals surface area (Å²) < 4.78 is 0. The summed E-state index contributed by atoms with van der Waals surface area (Å²) in [6.45, 7) is 4.15. The molecule has 0 saturated carbocycles. The number of aromatic nitrogens is 2. The largest absolute Gasteiger partial charge is 0.396 e. The first-order valence-corrected chi connectivity index (χ1v) is 7.14. The van der Waals surface area contributed by atoms with Crippen LogP contribution >= 0.6 is 11.3 Å². The second kappa shape index (κ2) is 5.52. The molecule has 0 aromatic carbocycles. The third kappa shape index (κ3) is 2.53. The standard InChI is InChI=1S/C13H18N4OS/c1-4-5-8(2)17(3)13(18)11-9(14)10-12(19-11)16-7-6-15-10/h6-8H,4-5,14H2,1-3H3. The highest BCUT2D eigenvalue weighted by atomic mass is 32.1. The van der Waals surface area contributed by atoms with E-state index < -0.39 is 0 Å². The van der Waals surface area contributed by atoms with Crippen LogP contribution in [0.2, 0.25) is 0 Å². The van der Waals surface area contributed by atoms with Crippen molar-refractivity contribution in [2.24, 2.45) is 0 Å². The lowest BCUT2D eigenvalue weighted by Gasteiger charge is -2.24. The Balaban J connectivity index is 2.33. The summed E-state index contributed by atoms with van der Waals surface area (Å²) >= 11 is 1.31. The number of rotatable bonds is 4. The minimum atomic E-state index is -0.0525. The molecule has 6 heteroatoms. The Kier molecular flexibility index (Phi) is 3.99. The number of thiophene rings is 1. The first-order chi connectivity index (χ1) is 9.06. The smallest absolute Gasteiger partial charge is 0.266 e. The molecule has 0 fully saturated rings. The molecule has 5 nitrogen and oxygen atoms in total. The van der Waals surface area contributed by atoms with E-state index in [1.807, 2.05) is 14.0 Å². The Bertz CT molecular complexity index is 595. The quantitative estimate of drug-likeness (QED) is 0.932. The topological polar surface area (TPSA) is 72.1 Å². The minimum Gasteiger partial charge on any atom is -0.396 e. The summed E-state index contributed by atoms with van der Waals surface area (Å²) in [4.78, 5) is 23.8. The fraction of sp³-hybridized carbons (Fsp3) is 0.462. The van der Waals surface area contributed by atoms with Gasteiger partial charge in [-0.1, -0.05) is 13.3 Å². The number of carbonyl (C=O) groups is 1. The molecule has 1 amide bonds. The number of hydrogen-bond acceptors (Lipinski definition) is 5. The number of nitrogens with two attached hydrogens (primary N) is 1. The van der Waals surface area contributed by atoms with Crippen molar-refractivity contribution < 1.29 is 4.79 Å². The van der Waals surface area contributed by atoms with Crippen molar-refractivity contribution in [1.82, 2.24) is 14.9 Å². The van der Waals surface area contributed by atoms with Crippen LogP contribution in [0.3, 0.4) is 0 Å². The van der Waals surface area contributed by atoms with Gasteiger partial charge in [0.25, 0.3) is 5.91 Å². The SMILES string of the molecule is CCCC(C)N(C)C(=O)c1sc2nccnc2c1N. The molecule has 2 aromatic heterocycles. The predicted octanol–water partition coefficient (Wildman–Crippen LogP) is 2.53. The van der Waals surface area contributed by atoms with Crippen LogP contribution in [0.15, 0.2) is 12.4 Å². The van der Waals surface area contributed by atoms with Crippen LogP contribution in [0.25, 0.3) is 10.3 Å². The maximum absolute atomic E-state index is 12.5. The van der Waals surface area contributed by atoms with E-state index in [1.54, 1.807) is 17.3 Å². The zero-order valence-electron chi connectivity index (χ0n) is 11.4. The summed E-state index contributed by atoms with van der Waals surface area (Å²) in [5.74, 6) is -0.0525. The molecule has 2 aromatic rings. The number of nitrogens with zero attached hydrogens (tertiary/aromatic N) is 3. The van der Waals surface area contributed by atoms with Crippen molar-refractivity contribution in [3.8, 4) is 0 Å². The van der Waals surface area contributed by atoms with Crippen molar-refractivity contribution in [2.75, 3.05) is 12.8 Å². The summed E-state index contributed by atoms with van der Waals surface area (Å²) in [5.41, 5.74) is 7.07. The van der Waals surface area contributed by atoms with E-state index in [1.165, 1.54) is 11.3 Å². The summed E-state index contributed by atoms with van der Waals surface area (Å²) in [7, 11) is 1.81. The lowest BCUT2D eigenvalue weighted by atomic mass is 10.1. The van der Waals surface area contributed by atoms with Gasteiger partial charge in [0.05, 0.1) is 5.69 Å². The average molecular weight is 278 g/mol. The zero-order valence-corrected chi connectivity index (χ0v) is 12.2. The molecular formula is C13H18N4OS. The minimum absolute atomic E-state index is 0.0525. The number of amides is 1. The van der Waals surface area contributed by atoms with E-state index in [-0.39, 0.29) is 11.9 Å². The Morgan fingerprint density at radius 3 is 2.79 bits per heavy atom. The summed E-state index contributed by atoms with van der Waals surface area (Å²) in [6.07, 6.45) is 5.21. The van der Waals surface area contributed by atoms with Crippen LogP contribution in [0.1, 0.15) is 36.4 Å². The first kappa shape index (κ1) is 13.7. The van der Waals surface area contributed by atoms with Crippen LogP contribution < -0.4 is 5.73 Å². The van der Waals surface area contributed by atoms with E-state index in [0.29, 0.717) is 20.9 Å². The van der Waals surface area contributed by atoms with Crippen LogP contribution in [-0.4, -0.2) is 33.9 Å². The summed E-state index contributed by atoms with van der Waals surface area (Å²) in [6, 6.07) is 0.197. The molecule has 0 aliphatic rings. The molecule has 0 radical (unpaired) electrons. The normalized spacial score (nSPS) is 12.6. The molecule has 2 rings (SSSR count). The van der Waals surface area contributed by atoms with Gasteiger partial charge >= 0.3 is 0 Å². The Morgan fingerprint density at radius 1 is 1.47 bits per heavy atom. The average Bonchev–Trinajstić information content (AvgIpc) is 2.75. The van der Waals surface area contributed by atoms with Crippen molar-refractivity contribution in [3.63, 3.8) is 0 Å². The Labute approximate surface area is 116 Å². The molecule has 19 heavy (non-hydrogen) atoms. The predicted molar refractivity (Wildman–Crippen MR) is 78.3 cm³/mol. The lowest BCUT2D eigenvalue weighted by molar-refractivity contribution is 0.0742. The highest BCUT2D eigenvalue weighted by molar-refractivity contribution is 7.21. The van der Waals surface area contributed by atoms with Gasteiger partial charge in [0.15, 0.2) is 0 Å². The Morgan fingerprint density at radius 2 is 2.16 bits per heavy atom. The van der Waals surface area contributed by atoms with E-state index in [0.717, 1.165) is 12.8 Å². The van der Waals surface area contributed by atoms with E-state index >= 15 is 0 Å². The van der Waals surface area contributed by atoms with E-state index in [4.69, 9.17) is 5.73 Å². The van der Waals surface area contributed by atoms with Crippen LogP contribution in [0.4, 0.5) is 5.69 Å². The number of nitrogen functional groups attached to an aromatic ring is 1. The van der Waals surface area contributed by atoms with Crippen molar-refractivity contribution in [1.29, 1.82) is 0 Å². The van der Waals surface area contributed by atoms with Gasteiger partial charge < -0.3 is 10.6 Å².